The molecule has 0 aliphatic heterocycles. The molecule has 1 N–H and O–H groups in total. The number of hydrogen-bond acceptors (Lipinski definition) is 2. The topological polar surface area (TPSA) is 46.9 Å². The summed E-state index contributed by atoms with van der Waals surface area (Å²) in [5.41, 5.74) is 1.81. The summed E-state index contributed by atoms with van der Waals surface area (Å²) in [6.07, 6.45) is 4.06. The van der Waals surface area contributed by atoms with Crippen LogP contribution < -0.4 is 5.32 Å². The summed E-state index contributed by atoms with van der Waals surface area (Å²) in [5.74, 6) is 0.187. The molecule has 0 radical (unpaired) electrons. The first-order valence-corrected chi connectivity index (χ1v) is 8.95. The Bertz CT molecular complexity index is 803. The number of fused-ring (bicyclic) bond motifs is 1. The Balaban J connectivity index is 1.84. The van der Waals surface area contributed by atoms with Crippen molar-refractivity contribution in [3.05, 3.63) is 28.5 Å². The Kier molecular flexibility index (Phi) is 3.73. The van der Waals surface area contributed by atoms with Crippen molar-refractivity contribution in [2.45, 2.75) is 41.6 Å². The molecule has 2 saturated carbocycles. The molecule has 0 atom stereocenters. The molecule has 1 amide bonds. The Morgan fingerprint density at radius 3 is 2.48 bits per heavy atom. The van der Waals surface area contributed by atoms with Crippen molar-refractivity contribution in [3.8, 4) is 0 Å². The Morgan fingerprint density at radius 1 is 1.22 bits per heavy atom. The average molecular weight is 393 g/mol. The van der Waals surface area contributed by atoms with Gasteiger partial charge in [-0.05, 0) is 37.8 Å². The van der Waals surface area contributed by atoms with Gasteiger partial charge in [-0.2, -0.15) is 0 Å². The lowest BCUT2D eigenvalue weighted by Crippen LogP contribution is -2.25. The van der Waals surface area contributed by atoms with E-state index in [0.717, 1.165) is 31.2 Å². The number of benzene rings is 1. The van der Waals surface area contributed by atoms with E-state index in [2.05, 4.69) is 10.3 Å². The van der Waals surface area contributed by atoms with E-state index in [-0.39, 0.29) is 18.0 Å². The van der Waals surface area contributed by atoms with E-state index in [1.165, 1.54) is 0 Å². The maximum Gasteiger partial charge on any atom is 0.253 e. The maximum atomic E-state index is 12.3. The lowest BCUT2D eigenvalue weighted by Gasteiger charge is -2.13. The van der Waals surface area contributed by atoms with Gasteiger partial charge >= 0.3 is 0 Å². The first-order chi connectivity index (χ1) is 10.8. The fraction of sp³-hybridized carbons (Fsp3) is 0.467. The number of aromatic nitrogens is 2. The van der Waals surface area contributed by atoms with Crippen LogP contribution >= 0.6 is 46.4 Å². The standard InChI is InChI=1S/C15H13Cl4N3O/c16-10-6-12-11(5-9(10)13(23)20-7-1-2-7)21-14(15(17,18)19)22(12)8-3-4-8/h5-8H,1-4H2,(H,20,23). The predicted molar refractivity (Wildman–Crippen MR) is 92.7 cm³/mol. The number of nitrogens with zero attached hydrogens (tertiary/aromatic N) is 2. The van der Waals surface area contributed by atoms with Crippen LogP contribution in [0.3, 0.4) is 0 Å². The summed E-state index contributed by atoms with van der Waals surface area (Å²) in [7, 11) is 0. The number of carbonyl (C=O) groups is 1. The van der Waals surface area contributed by atoms with Crippen LogP contribution in [0, 0.1) is 0 Å². The molecular formula is C15H13Cl4N3O. The Hall–Kier alpha value is -0.680. The highest BCUT2D eigenvalue weighted by atomic mass is 35.6. The van der Waals surface area contributed by atoms with Crippen molar-refractivity contribution in [1.29, 1.82) is 0 Å². The predicted octanol–water partition coefficient (Wildman–Crippen LogP) is 4.74. The van der Waals surface area contributed by atoms with Gasteiger partial charge in [0.2, 0.25) is 3.79 Å². The second-order valence-corrected chi connectivity index (χ2v) is 8.79. The number of amides is 1. The van der Waals surface area contributed by atoms with E-state index in [1.54, 1.807) is 12.1 Å². The smallest absolute Gasteiger partial charge is 0.253 e. The van der Waals surface area contributed by atoms with Crippen molar-refractivity contribution in [2.75, 3.05) is 0 Å². The lowest BCUT2D eigenvalue weighted by molar-refractivity contribution is 0.0951. The summed E-state index contributed by atoms with van der Waals surface area (Å²) < 4.78 is 0.307. The molecule has 1 heterocycles. The lowest BCUT2D eigenvalue weighted by atomic mass is 10.2. The number of imidazole rings is 1. The zero-order valence-electron chi connectivity index (χ0n) is 12.0. The van der Waals surface area contributed by atoms with Crippen LogP contribution in [-0.2, 0) is 3.79 Å². The highest BCUT2D eigenvalue weighted by Gasteiger charge is 2.37. The van der Waals surface area contributed by atoms with Gasteiger partial charge in [-0.25, -0.2) is 4.98 Å². The van der Waals surface area contributed by atoms with Gasteiger partial charge in [0.1, 0.15) is 0 Å². The molecule has 8 heteroatoms. The van der Waals surface area contributed by atoms with Crippen LogP contribution in [0.4, 0.5) is 0 Å². The molecule has 2 aromatic rings. The van der Waals surface area contributed by atoms with Gasteiger partial charge in [0.25, 0.3) is 5.91 Å². The first kappa shape index (κ1) is 15.8. The minimum atomic E-state index is -1.62. The van der Waals surface area contributed by atoms with Gasteiger partial charge in [-0.15, -0.1) is 0 Å². The molecule has 1 aromatic heterocycles. The van der Waals surface area contributed by atoms with Crippen molar-refractivity contribution in [2.24, 2.45) is 0 Å². The van der Waals surface area contributed by atoms with Crippen molar-refractivity contribution < 1.29 is 4.79 Å². The molecule has 2 aliphatic rings. The third-order valence-corrected chi connectivity index (χ3v) is 4.92. The van der Waals surface area contributed by atoms with E-state index >= 15 is 0 Å². The summed E-state index contributed by atoms with van der Waals surface area (Å²) >= 11 is 24.5. The number of rotatable bonds is 3. The third kappa shape index (κ3) is 3.02. The molecule has 2 aliphatic carbocycles. The van der Waals surface area contributed by atoms with Crippen molar-refractivity contribution in [1.82, 2.24) is 14.9 Å². The van der Waals surface area contributed by atoms with Gasteiger partial charge in [0, 0.05) is 12.1 Å². The van der Waals surface area contributed by atoms with Gasteiger partial charge in [-0.3, -0.25) is 4.79 Å². The van der Waals surface area contributed by atoms with E-state index in [1.807, 2.05) is 4.57 Å². The quantitative estimate of drug-likeness (QED) is 0.766. The largest absolute Gasteiger partial charge is 0.349 e. The zero-order chi connectivity index (χ0) is 16.4. The third-order valence-electron chi connectivity index (χ3n) is 4.10. The van der Waals surface area contributed by atoms with Gasteiger partial charge in [0.05, 0.1) is 21.6 Å². The molecule has 0 spiro atoms. The summed E-state index contributed by atoms with van der Waals surface area (Å²) in [6, 6.07) is 3.95. The number of carbonyl (C=O) groups excluding carboxylic acids is 1. The van der Waals surface area contributed by atoms with E-state index < -0.39 is 3.79 Å². The highest BCUT2D eigenvalue weighted by Crippen LogP contribution is 2.46. The fourth-order valence-corrected chi connectivity index (χ4v) is 3.33. The van der Waals surface area contributed by atoms with Gasteiger partial charge in [0.15, 0.2) is 5.82 Å². The summed E-state index contributed by atoms with van der Waals surface area (Å²) in [5, 5.41) is 3.31. The molecule has 122 valence electrons. The molecule has 0 unspecified atom stereocenters. The second-order valence-electron chi connectivity index (χ2n) is 6.10. The van der Waals surface area contributed by atoms with Gasteiger partial charge in [-0.1, -0.05) is 46.4 Å². The Morgan fingerprint density at radius 2 is 1.91 bits per heavy atom. The molecule has 23 heavy (non-hydrogen) atoms. The number of alkyl halides is 3. The van der Waals surface area contributed by atoms with Crippen LogP contribution in [0.2, 0.25) is 5.02 Å². The van der Waals surface area contributed by atoms with E-state index in [0.29, 0.717) is 21.9 Å². The highest BCUT2D eigenvalue weighted by molar-refractivity contribution is 6.66. The number of nitrogens with one attached hydrogen (secondary N) is 1. The molecule has 4 nitrogen and oxygen atoms in total. The second kappa shape index (κ2) is 5.41. The average Bonchev–Trinajstić information content (AvgIpc) is 3.36. The molecule has 4 rings (SSSR count). The van der Waals surface area contributed by atoms with E-state index in [4.69, 9.17) is 46.4 Å². The zero-order valence-corrected chi connectivity index (χ0v) is 15.0. The summed E-state index contributed by atoms with van der Waals surface area (Å²) in [6.45, 7) is 0. The van der Waals surface area contributed by atoms with Crippen LogP contribution in [0.25, 0.3) is 11.0 Å². The number of halogens is 4. The molecule has 0 bridgehead atoms. The minimum absolute atomic E-state index is 0.184. The Labute approximate surface area is 153 Å². The SMILES string of the molecule is O=C(NC1CC1)c1cc2nc(C(Cl)(Cl)Cl)n(C3CC3)c2cc1Cl. The van der Waals surface area contributed by atoms with Crippen LogP contribution in [-0.4, -0.2) is 21.5 Å². The fourth-order valence-electron chi connectivity index (χ4n) is 2.68. The summed E-state index contributed by atoms with van der Waals surface area (Å²) in [4.78, 5) is 16.7. The molecular weight excluding hydrogens is 380 g/mol. The van der Waals surface area contributed by atoms with Crippen molar-refractivity contribution in [3.63, 3.8) is 0 Å². The normalized spacial score (nSPS) is 18.4. The van der Waals surface area contributed by atoms with Crippen LogP contribution in [0.1, 0.15) is 47.9 Å². The van der Waals surface area contributed by atoms with Crippen molar-refractivity contribution >= 4 is 63.3 Å². The maximum absolute atomic E-state index is 12.3. The molecule has 2 fully saturated rings. The first-order valence-electron chi connectivity index (χ1n) is 7.44. The molecule has 0 saturated heterocycles. The van der Waals surface area contributed by atoms with E-state index in [9.17, 15) is 4.79 Å². The van der Waals surface area contributed by atoms with Crippen LogP contribution in [0.15, 0.2) is 12.1 Å². The minimum Gasteiger partial charge on any atom is -0.349 e. The van der Waals surface area contributed by atoms with Crippen LogP contribution in [0.5, 0.6) is 0 Å². The number of hydrogen-bond donors (Lipinski definition) is 1. The van der Waals surface area contributed by atoms with Gasteiger partial charge < -0.3 is 9.88 Å². The monoisotopic (exact) mass is 391 g/mol. The molecule has 1 aromatic carbocycles.